The van der Waals surface area contributed by atoms with Crippen LogP contribution in [0.5, 0.6) is 0 Å². The fraction of sp³-hybridized carbons (Fsp3) is 0.517. The van der Waals surface area contributed by atoms with Crippen LogP contribution in [0.25, 0.3) is 11.1 Å². The molecule has 0 saturated heterocycles. The van der Waals surface area contributed by atoms with Crippen molar-refractivity contribution in [1.29, 1.82) is 5.41 Å². The van der Waals surface area contributed by atoms with Crippen LogP contribution in [-0.2, 0) is 13.5 Å². The number of benzene rings is 1. The second-order valence-corrected chi connectivity index (χ2v) is 10.9. The number of amidine groups is 1. The summed E-state index contributed by atoms with van der Waals surface area (Å²) in [5, 5.41) is 27.2. The van der Waals surface area contributed by atoms with E-state index in [0.29, 0.717) is 35.7 Å². The second-order valence-electron chi connectivity index (χ2n) is 10.9. The Balaban J connectivity index is 1.50. The SMILES string of the molecule is C=C(C)N1CCC(NC2CCC(O)CC2)=C(C(=N)N2CCCc3cc(-c4cnn(C)c4)c(C(F)F)cc32)C1. The number of hydrogen-bond acceptors (Lipinski definition) is 5. The lowest BCUT2D eigenvalue weighted by Crippen LogP contribution is -2.45. The van der Waals surface area contributed by atoms with Crippen molar-refractivity contribution in [3.63, 3.8) is 0 Å². The minimum Gasteiger partial charge on any atom is -0.393 e. The minimum absolute atomic E-state index is 0.0308. The van der Waals surface area contributed by atoms with Crippen molar-refractivity contribution in [3.05, 3.63) is 59.2 Å². The van der Waals surface area contributed by atoms with Crippen molar-refractivity contribution in [2.45, 2.75) is 70.4 Å². The maximum atomic E-state index is 14.3. The van der Waals surface area contributed by atoms with E-state index in [4.69, 9.17) is 0 Å². The molecule has 0 unspecified atom stereocenters. The first-order valence-electron chi connectivity index (χ1n) is 13.6. The molecule has 0 bridgehead atoms. The Kier molecular flexibility index (Phi) is 7.56. The lowest BCUT2D eigenvalue weighted by molar-refractivity contribution is 0.118. The zero-order valence-corrected chi connectivity index (χ0v) is 22.3. The zero-order chi connectivity index (χ0) is 27.0. The van der Waals surface area contributed by atoms with Crippen molar-refractivity contribution < 1.29 is 13.9 Å². The topological polar surface area (TPSA) is 80.4 Å². The van der Waals surface area contributed by atoms with Gasteiger partial charge in [-0.25, -0.2) is 8.78 Å². The number of rotatable bonds is 6. The van der Waals surface area contributed by atoms with Crippen LogP contribution in [0.4, 0.5) is 14.5 Å². The molecule has 0 atom stereocenters. The van der Waals surface area contributed by atoms with Crippen molar-refractivity contribution in [3.8, 4) is 11.1 Å². The average molecular weight is 525 g/mol. The fourth-order valence-electron chi connectivity index (χ4n) is 5.97. The summed E-state index contributed by atoms with van der Waals surface area (Å²) in [7, 11) is 1.78. The van der Waals surface area contributed by atoms with E-state index in [0.717, 1.165) is 74.0 Å². The highest BCUT2D eigenvalue weighted by Gasteiger charge is 2.31. The Bertz CT molecular complexity index is 1240. The molecule has 3 N–H and O–H groups in total. The molecule has 1 aromatic carbocycles. The molecular weight excluding hydrogens is 486 g/mol. The molecular formula is C29H38F2N6O. The van der Waals surface area contributed by atoms with Gasteiger partial charge in [0.15, 0.2) is 0 Å². The summed E-state index contributed by atoms with van der Waals surface area (Å²) >= 11 is 0. The highest BCUT2D eigenvalue weighted by Crippen LogP contribution is 2.39. The molecule has 38 heavy (non-hydrogen) atoms. The number of anilines is 1. The molecule has 7 nitrogen and oxygen atoms in total. The summed E-state index contributed by atoms with van der Waals surface area (Å²) in [6.45, 7) is 8.10. The summed E-state index contributed by atoms with van der Waals surface area (Å²) in [5.74, 6) is 0.365. The third kappa shape index (κ3) is 5.34. The number of fused-ring (bicyclic) bond motifs is 1. The number of aliphatic hydroxyl groups is 1. The van der Waals surface area contributed by atoms with Gasteiger partial charge in [0.2, 0.25) is 0 Å². The van der Waals surface area contributed by atoms with Gasteiger partial charge in [-0.1, -0.05) is 6.58 Å². The molecule has 0 spiro atoms. The lowest BCUT2D eigenvalue weighted by atomic mass is 9.91. The van der Waals surface area contributed by atoms with Crippen LogP contribution in [-0.4, -0.2) is 57.4 Å². The van der Waals surface area contributed by atoms with Crippen molar-refractivity contribution in [2.75, 3.05) is 24.5 Å². The van der Waals surface area contributed by atoms with Gasteiger partial charge < -0.3 is 20.2 Å². The van der Waals surface area contributed by atoms with Crippen molar-refractivity contribution in [2.24, 2.45) is 7.05 Å². The van der Waals surface area contributed by atoms with Gasteiger partial charge in [-0.05, 0) is 68.7 Å². The van der Waals surface area contributed by atoms with E-state index < -0.39 is 6.43 Å². The van der Waals surface area contributed by atoms with Crippen LogP contribution in [0.2, 0.25) is 0 Å². The number of nitrogens with one attached hydrogen (secondary N) is 2. The van der Waals surface area contributed by atoms with Crippen LogP contribution >= 0.6 is 0 Å². The molecule has 1 aliphatic carbocycles. The number of aryl methyl sites for hydroxylation is 2. The third-order valence-electron chi connectivity index (χ3n) is 8.14. The van der Waals surface area contributed by atoms with E-state index in [1.807, 2.05) is 17.9 Å². The first-order valence-corrected chi connectivity index (χ1v) is 13.6. The van der Waals surface area contributed by atoms with Crippen LogP contribution in [0.1, 0.15) is 63.0 Å². The first kappa shape index (κ1) is 26.4. The number of halogens is 2. The van der Waals surface area contributed by atoms with Gasteiger partial charge in [0.1, 0.15) is 5.84 Å². The van der Waals surface area contributed by atoms with Crippen LogP contribution in [0, 0.1) is 5.41 Å². The Morgan fingerprint density at radius 3 is 2.61 bits per heavy atom. The third-order valence-corrected chi connectivity index (χ3v) is 8.14. The zero-order valence-electron chi connectivity index (χ0n) is 22.3. The molecule has 1 saturated carbocycles. The molecule has 5 rings (SSSR count). The van der Waals surface area contributed by atoms with E-state index in [1.54, 1.807) is 30.2 Å². The monoisotopic (exact) mass is 524 g/mol. The van der Waals surface area contributed by atoms with Gasteiger partial charge >= 0.3 is 0 Å². The van der Waals surface area contributed by atoms with Crippen LogP contribution in [0.15, 0.2) is 48.1 Å². The van der Waals surface area contributed by atoms with E-state index in [1.165, 1.54) is 0 Å². The first-order chi connectivity index (χ1) is 18.2. The molecule has 0 radical (unpaired) electrons. The van der Waals surface area contributed by atoms with Gasteiger partial charge in [-0.2, -0.15) is 5.10 Å². The highest BCUT2D eigenvalue weighted by molar-refractivity contribution is 6.09. The summed E-state index contributed by atoms with van der Waals surface area (Å²) in [6.07, 6.45) is 6.28. The van der Waals surface area contributed by atoms with Crippen LogP contribution in [0.3, 0.4) is 0 Å². The molecule has 204 valence electrons. The van der Waals surface area contributed by atoms with Crippen molar-refractivity contribution in [1.82, 2.24) is 20.0 Å². The lowest BCUT2D eigenvalue weighted by Gasteiger charge is -2.39. The second kappa shape index (κ2) is 10.9. The standard InChI is InChI=1S/C29H38F2N6O/c1-18(2)36-12-10-26(34-21-6-8-22(38)9-7-21)25(17-36)29(32)37-11-4-5-19-13-23(20-15-33-35(3)16-20)24(28(30)31)14-27(19)37/h13-16,21-22,28,32,34,38H,1,4-12,17H2,2-3H3. The Morgan fingerprint density at radius 1 is 1.18 bits per heavy atom. The largest absolute Gasteiger partial charge is 0.393 e. The van der Waals surface area contributed by atoms with Gasteiger partial charge in [0.25, 0.3) is 6.43 Å². The smallest absolute Gasteiger partial charge is 0.264 e. The quantitative estimate of drug-likeness (QED) is 0.360. The maximum Gasteiger partial charge on any atom is 0.264 e. The summed E-state index contributed by atoms with van der Waals surface area (Å²) in [4.78, 5) is 4.10. The summed E-state index contributed by atoms with van der Waals surface area (Å²) in [6, 6.07) is 3.73. The van der Waals surface area contributed by atoms with Gasteiger partial charge in [0.05, 0.1) is 12.3 Å². The normalized spacial score (nSPS) is 22.1. The maximum absolute atomic E-state index is 14.3. The number of nitrogens with zero attached hydrogens (tertiary/aromatic N) is 4. The molecule has 0 amide bonds. The molecule has 9 heteroatoms. The Hall–Kier alpha value is -3.20. The molecule has 3 heterocycles. The van der Waals surface area contributed by atoms with E-state index >= 15 is 0 Å². The van der Waals surface area contributed by atoms with Gasteiger partial charge in [-0.3, -0.25) is 10.1 Å². The number of aromatic nitrogens is 2. The van der Waals surface area contributed by atoms with Gasteiger partial charge in [-0.15, -0.1) is 0 Å². The Labute approximate surface area is 223 Å². The molecule has 1 aromatic heterocycles. The van der Waals surface area contributed by atoms with Crippen LogP contribution < -0.4 is 10.2 Å². The number of aliphatic hydroxyl groups excluding tert-OH is 1. The predicted molar refractivity (Wildman–Crippen MR) is 146 cm³/mol. The summed E-state index contributed by atoms with van der Waals surface area (Å²) in [5.41, 5.74) is 5.74. The van der Waals surface area contributed by atoms with Gasteiger partial charge in [0, 0.05) is 79.1 Å². The number of hydrogen-bond donors (Lipinski definition) is 3. The van der Waals surface area contributed by atoms with Crippen molar-refractivity contribution >= 4 is 11.5 Å². The molecule has 3 aliphatic rings. The highest BCUT2D eigenvalue weighted by atomic mass is 19.3. The average Bonchev–Trinajstić information content (AvgIpc) is 3.34. The minimum atomic E-state index is -2.64. The number of alkyl halides is 2. The molecule has 1 fully saturated rings. The fourth-order valence-corrected chi connectivity index (χ4v) is 5.97. The Morgan fingerprint density at radius 2 is 1.95 bits per heavy atom. The molecule has 2 aromatic rings. The number of allylic oxidation sites excluding steroid dienone is 1. The van der Waals surface area contributed by atoms with E-state index in [-0.39, 0.29) is 17.7 Å². The summed E-state index contributed by atoms with van der Waals surface area (Å²) < 4.78 is 30.2. The predicted octanol–water partition coefficient (Wildman–Crippen LogP) is 5.14. The van der Waals surface area contributed by atoms with E-state index in [9.17, 15) is 19.3 Å². The molecule has 2 aliphatic heterocycles. The van der Waals surface area contributed by atoms with E-state index in [2.05, 4.69) is 21.9 Å².